The highest BCUT2D eigenvalue weighted by Crippen LogP contribution is 2.35. The monoisotopic (exact) mass is 460 g/mol. The summed E-state index contributed by atoms with van der Waals surface area (Å²) in [6.45, 7) is 0.688. The summed E-state index contributed by atoms with van der Waals surface area (Å²) in [5.41, 5.74) is 1.66. The van der Waals surface area contributed by atoms with Gasteiger partial charge >= 0.3 is 0 Å². The van der Waals surface area contributed by atoms with Gasteiger partial charge in [0.1, 0.15) is 5.82 Å². The number of hydrogen-bond donors (Lipinski definition) is 1. The maximum Gasteiger partial charge on any atom is 0.237 e. The molecule has 6 nitrogen and oxygen atoms in total. The van der Waals surface area contributed by atoms with Crippen molar-refractivity contribution in [1.29, 1.82) is 0 Å². The third-order valence-electron chi connectivity index (χ3n) is 4.71. The molecule has 0 aliphatic carbocycles. The first-order chi connectivity index (χ1) is 14.5. The number of nitrogens with one attached hydrogen (secondary N) is 1. The smallest absolute Gasteiger partial charge is 0.237 e. The lowest BCUT2D eigenvalue weighted by atomic mass is 10.2. The Bertz CT molecular complexity index is 1100. The highest BCUT2D eigenvalue weighted by molar-refractivity contribution is 8.00. The molecule has 2 heterocycles. The zero-order chi connectivity index (χ0) is 21.1. The number of amides is 2. The maximum absolute atomic E-state index is 12.6. The van der Waals surface area contributed by atoms with Crippen LogP contribution in [-0.2, 0) is 16.1 Å². The number of para-hydroxylation sites is 1. The second-order valence-corrected chi connectivity index (χ2v) is 8.49. The molecular weight excluding hydrogens is 443 g/mol. The third kappa shape index (κ3) is 4.48. The van der Waals surface area contributed by atoms with Crippen LogP contribution >= 0.6 is 35.0 Å². The molecule has 0 saturated carbocycles. The largest absolute Gasteiger partial charge is 0.311 e. The first-order valence-corrected chi connectivity index (χ1v) is 11.0. The Balaban J connectivity index is 1.41. The lowest BCUT2D eigenvalue weighted by Gasteiger charge is -2.28. The number of rotatable bonds is 6. The fourth-order valence-corrected chi connectivity index (χ4v) is 4.53. The van der Waals surface area contributed by atoms with Gasteiger partial charge in [0.05, 0.1) is 34.2 Å². The van der Waals surface area contributed by atoms with Crippen LogP contribution in [0.1, 0.15) is 12.0 Å². The van der Waals surface area contributed by atoms with Crippen LogP contribution in [0.15, 0.2) is 59.6 Å². The van der Waals surface area contributed by atoms with E-state index in [9.17, 15) is 9.59 Å². The Morgan fingerprint density at radius 1 is 1.13 bits per heavy atom. The van der Waals surface area contributed by atoms with E-state index in [2.05, 4.69) is 10.4 Å². The number of benzene rings is 2. The average Bonchev–Trinajstić information content (AvgIpc) is 3.17. The van der Waals surface area contributed by atoms with Crippen LogP contribution in [0, 0.1) is 0 Å². The molecule has 1 aromatic heterocycles. The van der Waals surface area contributed by atoms with Gasteiger partial charge in [-0.25, -0.2) is 4.68 Å². The van der Waals surface area contributed by atoms with Crippen molar-refractivity contribution in [3.8, 4) is 0 Å². The summed E-state index contributed by atoms with van der Waals surface area (Å²) in [7, 11) is 0. The lowest BCUT2D eigenvalue weighted by molar-refractivity contribution is -0.117. The first kappa shape index (κ1) is 20.8. The van der Waals surface area contributed by atoms with Crippen molar-refractivity contribution < 1.29 is 9.59 Å². The third-order valence-corrected chi connectivity index (χ3v) is 6.61. The molecule has 2 aromatic carbocycles. The van der Waals surface area contributed by atoms with Crippen molar-refractivity contribution in [2.45, 2.75) is 17.9 Å². The van der Waals surface area contributed by atoms with Crippen LogP contribution in [-0.4, -0.2) is 33.9 Å². The molecule has 1 aliphatic rings. The zero-order valence-corrected chi connectivity index (χ0v) is 18.2. The second kappa shape index (κ2) is 9.12. The Labute approximate surface area is 188 Å². The molecule has 0 radical (unpaired) electrons. The molecule has 0 saturated heterocycles. The zero-order valence-electron chi connectivity index (χ0n) is 15.8. The Morgan fingerprint density at radius 3 is 2.83 bits per heavy atom. The normalized spacial score (nSPS) is 13.3. The van der Waals surface area contributed by atoms with Gasteiger partial charge in [-0.05, 0) is 23.8 Å². The summed E-state index contributed by atoms with van der Waals surface area (Å²) in [5, 5.41) is 8.06. The molecule has 3 aromatic rings. The van der Waals surface area contributed by atoms with E-state index in [0.29, 0.717) is 34.7 Å². The molecule has 1 N–H and O–H groups in total. The number of carbonyl (C=O) groups is 2. The van der Waals surface area contributed by atoms with E-state index in [1.54, 1.807) is 27.9 Å². The number of nitrogens with zero attached hydrogens (tertiary/aromatic N) is 3. The average molecular weight is 461 g/mol. The maximum atomic E-state index is 12.6. The van der Waals surface area contributed by atoms with Crippen LogP contribution < -0.4 is 10.2 Å². The van der Waals surface area contributed by atoms with Crippen LogP contribution in [0.25, 0.3) is 0 Å². The van der Waals surface area contributed by atoms with Gasteiger partial charge in [-0.15, -0.1) is 11.8 Å². The molecule has 154 valence electrons. The SMILES string of the molecule is O=C(CCN1C(=O)CSc2ccccc21)Nc1ccnn1Cc1cccc(Cl)c1Cl. The number of fused-ring (bicyclic) bond motifs is 1. The van der Waals surface area contributed by atoms with Crippen LogP contribution in [0.3, 0.4) is 0 Å². The van der Waals surface area contributed by atoms with Gasteiger partial charge in [0.25, 0.3) is 0 Å². The Kier molecular flexibility index (Phi) is 6.32. The Hall–Kier alpha value is -2.48. The molecule has 0 unspecified atom stereocenters. The molecule has 0 fully saturated rings. The fraction of sp³-hybridized carbons (Fsp3) is 0.190. The molecule has 0 spiro atoms. The van der Waals surface area contributed by atoms with Crippen LogP contribution in [0.5, 0.6) is 0 Å². The fourth-order valence-electron chi connectivity index (χ4n) is 3.21. The van der Waals surface area contributed by atoms with Crippen LogP contribution in [0.2, 0.25) is 10.0 Å². The van der Waals surface area contributed by atoms with Crippen molar-refractivity contribution in [3.05, 3.63) is 70.3 Å². The van der Waals surface area contributed by atoms with Gasteiger partial charge in [-0.2, -0.15) is 5.10 Å². The molecule has 0 atom stereocenters. The molecule has 0 bridgehead atoms. The van der Waals surface area contributed by atoms with Gasteiger partial charge in [-0.3, -0.25) is 9.59 Å². The molecule has 9 heteroatoms. The molecule has 1 aliphatic heterocycles. The summed E-state index contributed by atoms with van der Waals surface area (Å²) in [5.74, 6) is 0.743. The molecular formula is C21H18Cl2N4O2S. The first-order valence-electron chi connectivity index (χ1n) is 9.29. The van der Waals surface area contributed by atoms with Gasteiger partial charge in [0, 0.05) is 23.9 Å². The number of aromatic nitrogens is 2. The van der Waals surface area contributed by atoms with E-state index >= 15 is 0 Å². The minimum absolute atomic E-state index is 0.00661. The predicted octanol–water partition coefficient (Wildman–Crippen LogP) is 4.71. The summed E-state index contributed by atoms with van der Waals surface area (Å²) >= 11 is 13.9. The second-order valence-electron chi connectivity index (χ2n) is 6.69. The highest BCUT2D eigenvalue weighted by atomic mass is 35.5. The predicted molar refractivity (Wildman–Crippen MR) is 121 cm³/mol. The van der Waals surface area contributed by atoms with Gasteiger partial charge < -0.3 is 10.2 Å². The van der Waals surface area contributed by atoms with E-state index in [1.807, 2.05) is 36.4 Å². The quantitative estimate of drug-likeness (QED) is 0.578. The molecule has 4 rings (SSSR count). The molecule has 30 heavy (non-hydrogen) atoms. The van der Waals surface area contributed by atoms with Crippen molar-refractivity contribution >= 4 is 58.3 Å². The topological polar surface area (TPSA) is 67.2 Å². The van der Waals surface area contributed by atoms with Gasteiger partial charge in [0.2, 0.25) is 11.8 Å². The lowest BCUT2D eigenvalue weighted by Crippen LogP contribution is -2.37. The number of hydrogen-bond acceptors (Lipinski definition) is 4. The van der Waals surface area contributed by atoms with Crippen LogP contribution in [0.4, 0.5) is 11.5 Å². The van der Waals surface area contributed by atoms with Crippen molar-refractivity contribution in [1.82, 2.24) is 9.78 Å². The number of thioether (sulfide) groups is 1. The number of halogens is 2. The highest BCUT2D eigenvalue weighted by Gasteiger charge is 2.24. The van der Waals surface area contributed by atoms with E-state index in [4.69, 9.17) is 23.2 Å². The Morgan fingerprint density at radius 2 is 1.97 bits per heavy atom. The van der Waals surface area contributed by atoms with Crippen molar-refractivity contribution in [2.75, 3.05) is 22.5 Å². The van der Waals surface area contributed by atoms with Gasteiger partial charge in [-0.1, -0.05) is 47.5 Å². The standard InChI is InChI=1S/C21H18Cl2N4O2S/c22-15-5-3-4-14(21(15)23)12-27-18(8-10-24-27)25-19(28)9-11-26-16-6-1-2-7-17(16)30-13-20(26)29/h1-8,10H,9,11-13H2,(H,25,28). The minimum atomic E-state index is -0.197. The van der Waals surface area contributed by atoms with Gasteiger partial charge in [0.15, 0.2) is 0 Å². The molecule has 2 amide bonds. The summed E-state index contributed by atoms with van der Waals surface area (Å²) in [6.07, 6.45) is 1.78. The van der Waals surface area contributed by atoms with E-state index < -0.39 is 0 Å². The van der Waals surface area contributed by atoms with E-state index in [1.165, 1.54) is 11.8 Å². The summed E-state index contributed by atoms with van der Waals surface area (Å²) in [4.78, 5) is 27.6. The van der Waals surface area contributed by atoms with E-state index in [0.717, 1.165) is 16.1 Å². The minimum Gasteiger partial charge on any atom is -0.311 e. The number of anilines is 2. The summed E-state index contributed by atoms with van der Waals surface area (Å²) in [6, 6.07) is 14.8. The summed E-state index contributed by atoms with van der Waals surface area (Å²) < 4.78 is 1.65. The van der Waals surface area contributed by atoms with Crippen molar-refractivity contribution in [2.24, 2.45) is 0 Å². The van der Waals surface area contributed by atoms with Crippen molar-refractivity contribution in [3.63, 3.8) is 0 Å². The number of carbonyl (C=O) groups excluding carboxylic acids is 2. The van der Waals surface area contributed by atoms with E-state index in [-0.39, 0.29) is 18.2 Å².